The van der Waals surface area contributed by atoms with Crippen molar-refractivity contribution in [3.8, 4) is 0 Å². The van der Waals surface area contributed by atoms with Crippen molar-refractivity contribution in [1.29, 1.82) is 0 Å². The van der Waals surface area contributed by atoms with Crippen LogP contribution in [0.1, 0.15) is 42.4 Å². The molecule has 0 fully saturated rings. The average Bonchev–Trinajstić information content (AvgIpc) is 2.70. The first kappa shape index (κ1) is 15.5. The van der Waals surface area contributed by atoms with Gasteiger partial charge in [-0.25, -0.2) is 13.9 Å². The summed E-state index contributed by atoms with van der Waals surface area (Å²) in [6.07, 6.45) is 0. The number of aromatic carboxylic acids is 1. The maximum atomic E-state index is 12.9. The first-order valence-corrected chi connectivity index (χ1v) is 6.82. The molecule has 0 saturated heterocycles. The van der Waals surface area contributed by atoms with Gasteiger partial charge in [0.15, 0.2) is 0 Å². The highest BCUT2D eigenvalue weighted by molar-refractivity contribution is 6.32. The highest BCUT2D eigenvalue weighted by atomic mass is 35.5. The van der Waals surface area contributed by atoms with E-state index in [2.05, 4.69) is 5.10 Å². The minimum Gasteiger partial charge on any atom is -0.478 e. The Morgan fingerprint density at radius 2 is 1.90 bits per heavy atom. The Balaban J connectivity index is 2.45. The number of halogens is 2. The van der Waals surface area contributed by atoms with E-state index in [1.54, 1.807) is 12.1 Å². The highest BCUT2D eigenvalue weighted by Gasteiger charge is 2.29. The normalized spacial score (nSPS) is 11.7. The number of carbonyl (C=O) groups is 1. The minimum atomic E-state index is -1.10. The first-order valence-electron chi connectivity index (χ1n) is 6.44. The van der Waals surface area contributed by atoms with Crippen LogP contribution in [0.3, 0.4) is 0 Å². The Bertz CT molecular complexity index is 672. The van der Waals surface area contributed by atoms with Gasteiger partial charge in [-0.15, -0.1) is 0 Å². The highest BCUT2D eigenvalue weighted by Crippen LogP contribution is 2.30. The molecule has 0 spiro atoms. The second-order valence-corrected chi connectivity index (χ2v) is 6.21. The van der Waals surface area contributed by atoms with Crippen LogP contribution in [0.15, 0.2) is 24.3 Å². The molecule has 2 rings (SSSR count). The summed E-state index contributed by atoms with van der Waals surface area (Å²) in [6, 6.07) is 5.92. The molecule has 112 valence electrons. The Kier molecular flexibility index (Phi) is 4.05. The largest absolute Gasteiger partial charge is 0.478 e. The van der Waals surface area contributed by atoms with Crippen molar-refractivity contribution in [3.63, 3.8) is 0 Å². The van der Waals surface area contributed by atoms with Gasteiger partial charge < -0.3 is 5.11 Å². The topological polar surface area (TPSA) is 55.1 Å². The zero-order chi connectivity index (χ0) is 15.8. The van der Waals surface area contributed by atoms with Crippen LogP contribution in [-0.2, 0) is 12.0 Å². The molecule has 0 aliphatic rings. The molecule has 4 nitrogen and oxygen atoms in total. The number of rotatable bonds is 3. The van der Waals surface area contributed by atoms with Gasteiger partial charge in [-0.1, -0.05) is 44.5 Å². The summed E-state index contributed by atoms with van der Waals surface area (Å²) in [7, 11) is 0. The molecule has 0 aliphatic heterocycles. The maximum absolute atomic E-state index is 12.9. The zero-order valence-electron chi connectivity index (χ0n) is 12.0. The van der Waals surface area contributed by atoms with Gasteiger partial charge >= 0.3 is 5.97 Å². The van der Waals surface area contributed by atoms with Gasteiger partial charge in [-0.2, -0.15) is 5.10 Å². The number of carboxylic acid groups (broad SMARTS) is 1. The lowest BCUT2D eigenvalue weighted by atomic mass is 9.89. The summed E-state index contributed by atoms with van der Waals surface area (Å²) in [6.45, 7) is 5.91. The molecule has 0 saturated carbocycles. The van der Waals surface area contributed by atoms with Crippen molar-refractivity contribution in [1.82, 2.24) is 9.78 Å². The van der Waals surface area contributed by atoms with Crippen LogP contribution in [0.5, 0.6) is 0 Å². The zero-order valence-corrected chi connectivity index (χ0v) is 12.8. The lowest BCUT2D eigenvalue weighted by molar-refractivity contribution is 0.0694. The molecule has 0 aliphatic carbocycles. The van der Waals surface area contributed by atoms with E-state index >= 15 is 0 Å². The Morgan fingerprint density at radius 1 is 1.33 bits per heavy atom. The number of hydrogen-bond acceptors (Lipinski definition) is 2. The molecular weight excluding hydrogens is 295 g/mol. The smallest absolute Gasteiger partial charge is 0.340 e. The number of carboxylic acids is 1. The van der Waals surface area contributed by atoms with Gasteiger partial charge in [0.1, 0.15) is 16.5 Å². The molecule has 0 radical (unpaired) electrons. The molecule has 1 aromatic carbocycles. The number of hydrogen-bond donors (Lipinski definition) is 1. The summed E-state index contributed by atoms with van der Waals surface area (Å²) in [5, 5.41) is 13.7. The van der Waals surface area contributed by atoms with E-state index in [-0.39, 0.29) is 23.1 Å². The fourth-order valence-electron chi connectivity index (χ4n) is 2.02. The predicted molar refractivity (Wildman–Crippen MR) is 78.4 cm³/mol. The molecule has 1 N–H and O–H groups in total. The third-order valence-corrected chi connectivity index (χ3v) is 3.44. The van der Waals surface area contributed by atoms with Crippen LogP contribution in [0.2, 0.25) is 5.15 Å². The quantitative estimate of drug-likeness (QED) is 0.940. The summed E-state index contributed by atoms with van der Waals surface area (Å²) in [5.41, 5.74) is 0.803. The van der Waals surface area contributed by atoms with Gasteiger partial charge in [0, 0.05) is 5.41 Å². The van der Waals surface area contributed by atoms with Crippen LogP contribution in [-0.4, -0.2) is 20.9 Å². The van der Waals surface area contributed by atoms with Gasteiger partial charge in [0.25, 0.3) is 0 Å². The van der Waals surface area contributed by atoms with Gasteiger partial charge in [0.2, 0.25) is 0 Å². The monoisotopic (exact) mass is 310 g/mol. The number of benzene rings is 1. The van der Waals surface area contributed by atoms with Gasteiger partial charge in [-0.05, 0) is 17.7 Å². The van der Waals surface area contributed by atoms with Crippen molar-refractivity contribution in [2.75, 3.05) is 0 Å². The van der Waals surface area contributed by atoms with E-state index in [9.17, 15) is 14.3 Å². The number of nitrogens with zero attached hydrogens (tertiary/aromatic N) is 2. The Morgan fingerprint density at radius 3 is 2.33 bits per heavy atom. The third kappa shape index (κ3) is 3.24. The Hall–Kier alpha value is -1.88. The summed E-state index contributed by atoms with van der Waals surface area (Å²) in [5.74, 6) is -1.43. The van der Waals surface area contributed by atoms with Crippen LogP contribution < -0.4 is 0 Å². The van der Waals surface area contributed by atoms with E-state index in [1.165, 1.54) is 16.8 Å². The molecule has 0 amide bonds. The molecule has 0 unspecified atom stereocenters. The maximum Gasteiger partial charge on any atom is 0.340 e. The van der Waals surface area contributed by atoms with Crippen molar-refractivity contribution in [3.05, 3.63) is 52.1 Å². The van der Waals surface area contributed by atoms with Crippen LogP contribution >= 0.6 is 11.6 Å². The fraction of sp³-hybridized carbons (Fsp3) is 0.333. The summed E-state index contributed by atoms with van der Waals surface area (Å²) >= 11 is 6.16. The van der Waals surface area contributed by atoms with Crippen molar-refractivity contribution in [2.45, 2.75) is 32.7 Å². The van der Waals surface area contributed by atoms with Crippen LogP contribution in [0.25, 0.3) is 0 Å². The van der Waals surface area contributed by atoms with Crippen molar-refractivity contribution < 1.29 is 14.3 Å². The second kappa shape index (κ2) is 5.48. The third-order valence-electron chi connectivity index (χ3n) is 3.06. The van der Waals surface area contributed by atoms with Crippen LogP contribution in [0, 0.1) is 5.82 Å². The minimum absolute atomic E-state index is 0.0197. The SMILES string of the molecule is CC(C)(C)c1nn(Cc2ccc(F)cc2)c(Cl)c1C(=O)O. The molecule has 0 bridgehead atoms. The Labute approximate surface area is 127 Å². The lowest BCUT2D eigenvalue weighted by Crippen LogP contribution is -2.17. The van der Waals surface area contributed by atoms with Crippen LogP contribution in [0.4, 0.5) is 4.39 Å². The first-order chi connectivity index (χ1) is 9.70. The van der Waals surface area contributed by atoms with Crippen molar-refractivity contribution >= 4 is 17.6 Å². The molecule has 6 heteroatoms. The molecule has 1 aromatic heterocycles. The molecule has 2 aromatic rings. The number of aromatic nitrogens is 2. The summed E-state index contributed by atoms with van der Waals surface area (Å²) in [4.78, 5) is 11.4. The van der Waals surface area contributed by atoms with E-state index in [1.807, 2.05) is 20.8 Å². The van der Waals surface area contributed by atoms with E-state index in [4.69, 9.17) is 11.6 Å². The van der Waals surface area contributed by atoms with E-state index in [0.717, 1.165) is 5.56 Å². The van der Waals surface area contributed by atoms with Gasteiger partial charge in [-0.3, -0.25) is 0 Å². The van der Waals surface area contributed by atoms with E-state index in [0.29, 0.717) is 5.69 Å². The van der Waals surface area contributed by atoms with Crippen molar-refractivity contribution in [2.24, 2.45) is 0 Å². The predicted octanol–water partition coefficient (Wildman–Crippen LogP) is 3.72. The van der Waals surface area contributed by atoms with E-state index < -0.39 is 11.4 Å². The average molecular weight is 311 g/mol. The molecule has 0 atom stereocenters. The lowest BCUT2D eigenvalue weighted by Gasteiger charge is -2.15. The molecule has 1 heterocycles. The van der Waals surface area contributed by atoms with Gasteiger partial charge in [0.05, 0.1) is 12.2 Å². The summed E-state index contributed by atoms with van der Waals surface area (Å²) < 4.78 is 14.3. The molecule has 21 heavy (non-hydrogen) atoms. The standard InChI is InChI=1S/C15H16ClFN2O2/c1-15(2,3)12-11(14(20)21)13(16)19(18-12)8-9-4-6-10(17)7-5-9/h4-7H,8H2,1-3H3,(H,20,21). The molecular formula is C15H16ClFN2O2. The second-order valence-electron chi connectivity index (χ2n) is 5.85. The fourth-order valence-corrected chi connectivity index (χ4v) is 2.29.